The Balaban J connectivity index is 1.45. The predicted octanol–water partition coefficient (Wildman–Crippen LogP) is 3.59. The van der Waals surface area contributed by atoms with Crippen molar-refractivity contribution in [3.05, 3.63) is 65.5 Å². The van der Waals surface area contributed by atoms with Crippen molar-refractivity contribution in [1.82, 2.24) is 15.0 Å². The van der Waals surface area contributed by atoms with Crippen LogP contribution < -0.4 is 5.32 Å². The first-order chi connectivity index (χ1) is 15.0. The molecule has 8 nitrogen and oxygen atoms in total. The molecule has 1 N–H and O–H groups in total. The maximum absolute atomic E-state index is 12.9. The molecule has 1 fully saturated rings. The van der Waals surface area contributed by atoms with E-state index in [4.69, 9.17) is 9.78 Å². The largest absolute Gasteiger partial charge is 0.339 e. The maximum Gasteiger partial charge on any atom is 0.253 e. The molecular weight excluding hydrogens is 394 g/mol. The number of nitriles is 1. The van der Waals surface area contributed by atoms with Gasteiger partial charge in [0.1, 0.15) is 0 Å². The molecule has 2 aromatic carbocycles. The molecule has 0 saturated carbocycles. The number of benzene rings is 2. The van der Waals surface area contributed by atoms with E-state index in [9.17, 15) is 9.59 Å². The molecule has 0 bridgehead atoms. The lowest BCUT2D eigenvalue weighted by Gasteiger charge is -2.31. The highest BCUT2D eigenvalue weighted by Crippen LogP contribution is 2.28. The average Bonchev–Trinajstić information content (AvgIpc) is 3.29. The standard InChI is InChI=1S/C23H21N5O3/c1-15(29)25-20-10-8-17(9-11-20)21-26-22(31-27-21)19-3-2-12-28(14-19)23(30)18-6-4-16(13-24)5-7-18/h4-11,19H,2-3,12,14H2,1H3,(H,25,29)/t19-/m0/s1. The molecular formula is C23H21N5O3. The number of rotatable bonds is 4. The summed E-state index contributed by atoms with van der Waals surface area (Å²) in [6.07, 6.45) is 1.70. The molecule has 2 heterocycles. The second kappa shape index (κ2) is 8.79. The predicted molar refractivity (Wildman–Crippen MR) is 113 cm³/mol. The first kappa shape index (κ1) is 20.3. The third-order valence-corrected chi connectivity index (χ3v) is 5.22. The summed E-state index contributed by atoms with van der Waals surface area (Å²) in [5.74, 6) is 0.753. The van der Waals surface area contributed by atoms with Gasteiger partial charge in [0, 0.05) is 36.8 Å². The molecule has 3 aromatic rings. The van der Waals surface area contributed by atoms with E-state index in [0.29, 0.717) is 41.6 Å². The number of nitrogens with one attached hydrogen (secondary N) is 1. The van der Waals surface area contributed by atoms with Crippen LogP contribution in [0.3, 0.4) is 0 Å². The zero-order valence-corrected chi connectivity index (χ0v) is 17.0. The number of hydrogen-bond donors (Lipinski definition) is 1. The normalized spacial score (nSPS) is 15.9. The Morgan fingerprint density at radius 1 is 1.16 bits per heavy atom. The van der Waals surface area contributed by atoms with Crippen LogP contribution in [0.4, 0.5) is 5.69 Å². The summed E-state index contributed by atoms with van der Waals surface area (Å²) in [5.41, 5.74) is 2.57. The SMILES string of the molecule is CC(=O)Nc1ccc(-c2noc([C@H]3CCCN(C(=O)c4ccc(C#N)cc4)C3)n2)cc1. The van der Waals surface area contributed by atoms with Crippen molar-refractivity contribution in [3.8, 4) is 17.5 Å². The first-order valence-electron chi connectivity index (χ1n) is 10.0. The number of hydrogen-bond acceptors (Lipinski definition) is 6. The Kier molecular flexibility index (Phi) is 5.76. The smallest absolute Gasteiger partial charge is 0.253 e. The number of amides is 2. The molecule has 1 atom stereocenters. The highest BCUT2D eigenvalue weighted by atomic mass is 16.5. The van der Waals surface area contributed by atoms with E-state index in [0.717, 1.165) is 18.4 Å². The van der Waals surface area contributed by atoms with Crippen LogP contribution in [-0.4, -0.2) is 39.9 Å². The molecule has 0 aliphatic carbocycles. The van der Waals surface area contributed by atoms with Crippen molar-refractivity contribution >= 4 is 17.5 Å². The zero-order valence-electron chi connectivity index (χ0n) is 17.0. The summed E-state index contributed by atoms with van der Waals surface area (Å²) in [5, 5.41) is 15.7. The van der Waals surface area contributed by atoms with E-state index in [1.807, 2.05) is 12.1 Å². The van der Waals surface area contributed by atoms with Crippen LogP contribution in [0.25, 0.3) is 11.4 Å². The van der Waals surface area contributed by atoms with Crippen molar-refractivity contribution in [2.75, 3.05) is 18.4 Å². The number of anilines is 1. The highest BCUT2D eigenvalue weighted by Gasteiger charge is 2.29. The zero-order chi connectivity index (χ0) is 21.8. The molecule has 1 aliphatic heterocycles. The molecule has 31 heavy (non-hydrogen) atoms. The van der Waals surface area contributed by atoms with Crippen LogP contribution in [0.15, 0.2) is 53.1 Å². The summed E-state index contributed by atoms with van der Waals surface area (Å²) in [7, 11) is 0. The summed E-state index contributed by atoms with van der Waals surface area (Å²) < 4.78 is 5.51. The van der Waals surface area contributed by atoms with Crippen LogP contribution in [0.5, 0.6) is 0 Å². The lowest BCUT2D eigenvalue weighted by atomic mass is 9.97. The lowest BCUT2D eigenvalue weighted by Crippen LogP contribution is -2.39. The monoisotopic (exact) mass is 415 g/mol. The van der Waals surface area contributed by atoms with Crippen LogP contribution in [-0.2, 0) is 4.79 Å². The molecule has 2 amide bonds. The number of likely N-dealkylation sites (tertiary alicyclic amines) is 1. The number of piperidine rings is 1. The van der Waals surface area contributed by atoms with Gasteiger partial charge in [0.2, 0.25) is 17.6 Å². The average molecular weight is 415 g/mol. The van der Waals surface area contributed by atoms with Crippen molar-refractivity contribution in [2.24, 2.45) is 0 Å². The third-order valence-electron chi connectivity index (χ3n) is 5.22. The molecule has 156 valence electrons. The number of aromatic nitrogens is 2. The maximum atomic E-state index is 12.9. The Morgan fingerprint density at radius 2 is 1.90 bits per heavy atom. The molecule has 4 rings (SSSR count). The fraction of sp³-hybridized carbons (Fsp3) is 0.261. The van der Waals surface area contributed by atoms with Gasteiger partial charge < -0.3 is 14.7 Å². The lowest BCUT2D eigenvalue weighted by molar-refractivity contribution is -0.114. The van der Waals surface area contributed by atoms with Gasteiger partial charge in [0.05, 0.1) is 17.6 Å². The van der Waals surface area contributed by atoms with Gasteiger partial charge in [-0.25, -0.2) is 0 Å². The van der Waals surface area contributed by atoms with Gasteiger partial charge in [-0.2, -0.15) is 10.2 Å². The fourth-order valence-corrected chi connectivity index (χ4v) is 3.66. The van der Waals surface area contributed by atoms with Gasteiger partial charge in [-0.05, 0) is 61.4 Å². The van der Waals surface area contributed by atoms with Crippen LogP contribution in [0.2, 0.25) is 0 Å². The minimum absolute atomic E-state index is 0.0315. The quantitative estimate of drug-likeness (QED) is 0.697. The van der Waals surface area contributed by atoms with E-state index in [1.165, 1.54) is 6.92 Å². The van der Waals surface area contributed by atoms with E-state index in [-0.39, 0.29) is 17.7 Å². The van der Waals surface area contributed by atoms with Crippen LogP contribution in [0, 0.1) is 11.3 Å². The molecule has 1 saturated heterocycles. The van der Waals surface area contributed by atoms with Crippen LogP contribution in [0.1, 0.15) is 47.5 Å². The van der Waals surface area contributed by atoms with E-state index >= 15 is 0 Å². The Hall–Kier alpha value is -3.99. The molecule has 0 unspecified atom stereocenters. The van der Waals surface area contributed by atoms with Crippen molar-refractivity contribution in [2.45, 2.75) is 25.7 Å². The highest BCUT2D eigenvalue weighted by molar-refractivity contribution is 5.94. The first-order valence-corrected chi connectivity index (χ1v) is 10.0. The topological polar surface area (TPSA) is 112 Å². The minimum atomic E-state index is -0.132. The van der Waals surface area contributed by atoms with E-state index < -0.39 is 0 Å². The van der Waals surface area contributed by atoms with Crippen molar-refractivity contribution in [3.63, 3.8) is 0 Å². The Morgan fingerprint density at radius 3 is 2.58 bits per heavy atom. The Labute approximate surface area is 179 Å². The summed E-state index contributed by atoms with van der Waals surface area (Å²) in [6, 6.07) is 15.9. The molecule has 1 aromatic heterocycles. The van der Waals surface area contributed by atoms with Gasteiger partial charge in [0.25, 0.3) is 5.91 Å². The van der Waals surface area contributed by atoms with Gasteiger partial charge >= 0.3 is 0 Å². The third kappa shape index (κ3) is 4.61. The number of carbonyl (C=O) groups excluding carboxylic acids is 2. The molecule has 0 spiro atoms. The summed E-state index contributed by atoms with van der Waals surface area (Å²) in [6.45, 7) is 2.63. The fourth-order valence-electron chi connectivity index (χ4n) is 3.66. The van der Waals surface area contributed by atoms with Crippen LogP contribution >= 0.6 is 0 Å². The van der Waals surface area contributed by atoms with Crippen molar-refractivity contribution in [1.29, 1.82) is 5.26 Å². The molecule has 0 radical (unpaired) electrons. The van der Waals surface area contributed by atoms with Gasteiger partial charge in [-0.1, -0.05) is 5.16 Å². The van der Waals surface area contributed by atoms with Crippen molar-refractivity contribution < 1.29 is 14.1 Å². The Bertz CT molecular complexity index is 1130. The second-order valence-electron chi connectivity index (χ2n) is 7.49. The van der Waals surface area contributed by atoms with E-state index in [1.54, 1.807) is 41.3 Å². The van der Waals surface area contributed by atoms with Gasteiger partial charge in [0.15, 0.2) is 0 Å². The molecule has 8 heteroatoms. The second-order valence-corrected chi connectivity index (χ2v) is 7.49. The number of carbonyl (C=O) groups is 2. The molecule has 1 aliphatic rings. The minimum Gasteiger partial charge on any atom is -0.339 e. The summed E-state index contributed by atoms with van der Waals surface area (Å²) in [4.78, 5) is 30.3. The van der Waals surface area contributed by atoms with Gasteiger partial charge in [-0.15, -0.1) is 0 Å². The van der Waals surface area contributed by atoms with E-state index in [2.05, 4.69) is 21.5 Å². The van der Waals surface area contributed by atoms with Gasteiger partial charge in [-0.3, -0.25) is 9.59 Å². The number of nitrogens with zero attached hydrogens (tertiary/aromatic N) is 4. The summed E-state index contributed by atoms with van der Waals surface area (Å²) >= 11 is 0.